The summed E-state index contributed by atoms with van der Waals surface area (Å²) in [5.41, 5.74) is 0.962. The van der Waals surface area contributed by atoms with Crippen molar-refractivity contribution in [3.05, 3.63) is 28.8 Å². The topological polar surface area (TPSA) is 95.0 Å². The number of benzene rings is 1. The lowest BCUT2D eigenvalue weighted by Crippen LogP contribution is -2.27. The lowest BCUT2D eigenvalue weighted by molar-refractivity contribution is -0.139. The average molecular weight is 400 g/mol. The molecule has 0 atom stereocenters. The van der Waals surface area contributed by atoms with Crippen molar-refractivity contribution in [3.63, 3.8) is 0 Å². The van der Waals surface area contributed by atoms with Gasteiger partial charge in [0.25, 0.3) is 10.0 Å². The Kier molecular flexibility index (Phi) is 6.09. The second-order valence-electron chi connectivity index (χ2n) is 5.32. The Morgan fingerprint density at radius 2 is 1.81 bits per heavy atom. The zero-order valence-electron chi connectivity index (χ0n) is 15.1. The Balaban J connectivity index is 2.39. The SMILES string of the molecule is COC(=O)Cc1csc(N(C)S(=O)(=O)c2cc(OC)c(OC)cc2C)n1. The number of methoxy groups -OCH3 is 3. The van der Waals surface area contributed by atoms with Crippen LogP contribution < -0.4 is 13.8 Å². The molecule has 0 radical (unpaired) electrons. The maximum absolute atomic E-state index is 13.0. The number of anilines is 1. The molecule has 1 heterocycles. The molecule has 0 saturated carbocycles. The number of rotatable bonds is 7. The van der Waals surface area contributed by atoms with E-state index in [1.807, 2.05) is 0 Å². The standard InChI is InChI=1S/C16H20N2O6S2/c1-10-6-12(22-3)13(23-4)8-14(10)26(20,21)18(2)16-17-11(9-25-16)7-15(19)24-5/h6,8-9H,7H2,1-5H3. The highest BCUT2D eigenvalue weighted by atomic mass is 32.2. The van der Waals surface area contributed by atoms with E-state index in [1.165, 1.54) is 34.4 Å². The first kappa shape index (κ1) is 20.0. The van der Waals surface area contributed by atoms with Gasteiger partial charge in [-0.1, -0.05) is 0 Å². The van der Waals surface area contributed by atoms with Crippen molar-refractivity contribution in [1.29, 1.82) is 0 Å². The smallest absolute Gasteiger partial charge is 0.311 e. The number of sulfonamides is 1. The molecule has 1 aromatic carbocycles. The highest BCUT2D eigenvalue weighted by Gasteiger charge is 2.27. The lowest BCUT2D eigenvalue weighted by atomic mass is 10.2. The van der Waals surface area contributed by atoms with Crippen LogP contribution in [0.3, 0.4) is 0 Å². The molecule has 0 aliphatic rings. The van der Waals surface area contributed by atoms with E-state index in [4.69, 9.17) is 9.47 Å². The van der Waals surface area contributed by atoms with Gasteiger partial charge in [-0.15, -0.1) is 11.3 Å². The van der Waals surface area contributed by atoms with Gasteiger partial charge in [0.1, 0.15) is 0 Å². The molecule has 2 rings (SSSR count). The fourth-order valence-electron chi connectivity index (χ4n) is 2.23. The number of ether oxygens (including phenoxy) is 3. The zero-order chi connectivity index (χ0) is 19.5. The van der Waals surface area contributed by atoms with Gasteiger partial charge >= 0.3 is 5.97 Å². The molecule has 142 valence electrons. The minimum absolute atomic E-state index is 0.0176. The summed E-state index contributed by atoms with van der Waals surface area (Å²) in [5.74, 6) is 0.319. The summed E-state index contributed by atoms with van der Waals surface area (Å²) in [6, 6.07) is 3.02. The van der Waals surface area contributed by atoms with Crippen LogP contribution in [-0.4, -0.2) is 47.7 Å². The lowest BCUT2D eigenvalue weighted by Gasteiger charge is -2.19. The van der Waals surface area contributed by atoms with Crippen LogP contribution in [0.5, 0.6) is 11.5 Å². The van der Waals surface area contributed by atoms with E-state index >= 15 is 0 Å². The van der Waals surface area contributed by atoms with Crippen molar-refractivity contribution in [2.45, 2.75) is 18.2 Å². The van der Waals surface area contributed by atoms with Gasteiger partial charge in [0.05, 0.1) is 38.3 Å². The first-order valence-electron chi connectivity index (χ1n) is 7.47. The van der Waals surface area contributed by atoms with E-state index < -0.39 is 16.0 Å². The molecule has 8 nitrogen and oxygen atoms in total. The number of aromatic nitrogens is 1. The van der Waals surface area contributed by atoms with Gasteiger partial charge in [0, 0.05) is 18.5 Å². The van der Waals surface area contributed by atoms with Crippen molar-refractivity contribution in [3.8, 4) is 11.5 Å². The second-order valence-corrected chi connectivity index (χ2v) is 8.09. The maximum Gasteiger partial charge on any atom is 0.311 e. The number of esters is 1. The van der Waals surface area contributed by atoms with Gasteiger partial charge in [-0.05, 0) is 18.6 Å². The van der Waals surface area contributed by atoms with Crippen LogP contribution in [0.15, 0.2) is 22.4 Å². The summed E-state index contributed by atoms with van der Waals surface area (Å²) in [4.78, 5) is 15.6. The van der Waals surface area contributed by atoms with Crippen LogP contribution in [0.4, 0.5) is 5.13 Å². The van der Waals surface area contributed by atoms with Gasteiger partial charge < -0.3 is 14.2 Å². The van der Waals surface area contributed by atoms with Crippen molar-refractivity contribution in [2.24, 2.45) is 0 Å². The van der Waals surface area contributed by atoms with Crippen LogP contribution in [0.2, 0.25) is 0 Å². The minimum Gasteiger partial charge on any atom is -0.493 e. The van der Waals surface area contributed by atoms with Gasteiger partial charge in [-0.25, -0.2) is 17.7 Å². The first-order chi connectivity index (χ1) is 12.2. The summed E-state index contributed by atoms with van der Waals surface area (Å²) < 4.78 is 42.1. The molecule has 0 bridgehead atoms. The van der Waals surface area contributed by atoms with Gasteiger partial charge in [0.2, 0.25) is 0 Å². The van der Waals surface area contributed by atoms with Crippen LogP contribution in [-0.2, 0) is 26.0 Å². The largest absolute Gasteiger partial charge is 0.493 e. The number of carbonyl (C=O) groups excluding carboxylic acids is 1. The normalized spacial score (nSPS) is 11.1. The fourth-order valence-corrected chi connectivity index (χ4v) is 4.61. The molecule has 0 N–H and O–H groups in total. The van der Waals surface area contributed by atoms with Crippen LogP contribution >= 0.6 is 11.3 Å². The molecule has 26 heavy (non-hydrogen) atoms. The summed E-state index contributed by atoms with van der Waals surface area (Å²) in [5, 5.41) is 1.87. The summed E-state index contributed by atoms with van der Waals surface area (Å²) in [7, 11) is 1.74. The number of aryl methyl sites for hydroxylation is 1. The fraction of sp³-hybridized carbons (Fsp3) is 0.375. The van der Waals surface area contributed by atoms with Crippen LogP contribution in [0.1, 0.15) is 11.3 Å². The highest BCUT2D eigenvalue weighted by molar-refractivity contribution is 7.93. The Morgan fingerprint density at radius 3 is 2.38 bits per heavy atom. The molecule has 2 aromatic rings. The van der Waals surface area contributed by atoms with E-state index in [2.05, 4.69) is 9.72 Å². The van der Waals surface area contributed by atoms with Crippen LogP contribution in [0.25, 0.3) is 0 Å². The minimum atomic E-state index is -3.87. The Hall–Kier alpha value is -2.33. The van der Waals surface area contributed by atoms with E-state index in [0.29, 0.717) is 22.8 Å². The predicted molar refractivity (Wildman–Crippen MR) is 97.7 cm³/mol. The molecule has 0 spiro atoms. The number of hydrogen-bond donors (Lipinski definition) is 0. The van der Waals surface area contributed by atoms with Crippen molar-refractivity contribution < 1.29 is 27.4 Å². The molecule has 0 amide bonds. The van der Waals surface area contributed by atoms with Gasteiger partial charge in [-0.2, -0.15) is 0 Å². The molecule has 10 heteroatoms. The highest BCUT2D eigenvalue weighted by Crippen LogP contribution is 2.35. The first-order valence-corrected chi connectivity index (χ1v) is 9.79. The van der Waals surface area contributed by atoms with E-state index in [1.54, 1.807) is 18.4 Å². The number of nitrogens with zero attached hydrogens (tertiary/aromatic N) is 2. The molecular formula is C16H20N2O6S2. The molecule has 0 aliphatic heterocycles. The summed E-state index contributed by atoms with van der Waals surface area (Å²) in [6.45, 7) is 1.67. The number of carbonyl (C=O) groups is 1. The van der Waals surface area contributed by atoms with Gasteiger partial charge in [0.15, 0.2) is 16.6 Å². The Labute approximate surface area is 156 Å². The molecule has 0 aliphatic carbocycles. The van der Waals surface area contributed by atoms with Crippen molar-refractivity contribution in [1.82, 2.24) is 4.98 Å². The molecule has 1 aromatic heterocycles. The third-order valence-corrected chi connectivity index (χ3v) is 6.65. The van der Waals surface area contributed by atoms with Gasteiger partial charge in [-0.3, -0.25) is 4.79 Å². The Bertz CT molecular complexity index is 907. The van der Waals surface area contributed by atoms with E-state index in [9.17, 15) is 13.2 Å². The molecule has 0 unspecified atom stereocenters. The maximum atomic E-state index is 13.0. The zero-order valence-corrected chi connectivity index (χ0v) is 16.7. The number of hydrogen-bond acceptors (Lipinski definition) is 8. The Morgan fingerprint density at radius 1 is 1.19 bits per heavy atom. The third kappa shape index (κ3) is 3.91. The van der Waals surface area contributed by atoms with E-state index in [-0.39, 0.29) is 16.4 Å². The van der Waals surface area contributed by atoms with Crippen molar-refractivity contribution >= 4 is 32.5 Å². The molecule has 0 fully saturated rings. The van der Waals surface area contributed by atoms with E-state index in [0.717, 1.165) is 15.6 Å². The third-order valence-electron chi connectivity index (χ3n) is 3.68. The summed E-state index contributed by atoms with van der Waals surface area (Å²) in [6.07, 6.45) is -0.0176. The van der Waals surface area contributed by atoms with Crippen molar-refractivity contribution in [2.75, 3.05) is 32.7 Å². The predicted octanol–water partition coefficient (Wildman–Crippen LogP) is 2.01. The number of thiazole rings is 1. The molecular weight excluding hydrogens is 380 g/mol. The van der Waals surface area contributed by atoms with Crippen LogP contribution in [0, 0.1) is 6.92 Å². The monoisotopic (exact) mass is 400 g/mol. The second kappa shape index (κ2) is 7.92. The molecule has 0 saturated heterocycles. The quantitative estimate of drug-likeness (QED) is 0.656. The average Bonchev–Trinajstić information content (AvgIpc) is 3.08. The summed E-state index contributed by atoms with van der Waals surface area (Å²) >= 11 is 1.13.